The number of nitrogens with one attached hydrogen (secondary N) is 1. The molecule has 32 heavy (non-hydrogen) atoms. The van der Waals surface area contributed by atoms with E-state index in [9.17, 15) is 0 Å². The van der Waals surface area contributed by atoms with E-state index < -0.39 is 0 Å². The van der Waals surface area contributed by atoms with E-state index in [-0.39, 0.29) is 0 Å². The summed E-state index contributed by atoms with van der Waals surface area (Å²) in [6, 6.07) is 11.0. The molecule has 0 unspecified atom stereocenters. The quantitative estimate of drug-likeness (QED) is 0.576. The number of benzene rings is 1. The number of hydrogen-bond donors (Lipinski definition) is 1. The van der Waals surface area contributed by atoms with Crippen LogP contribution in [0.25, 0.3) is 5.52 Å². The van der Waals surface area contributed by atoms with Crippen LogP contribution in [0.2, 0.25) is 0 Å². The maximum Gasteiger partial charge on any atom is 0.245 e. The first-order chi connectivity index (χ1) is 15.6. The number of nitrogens with zero attached hydrogens (tertiary/aromatic N) is 6. The molecular weight excluding hydrogens is 470 g/mol. The molecule has 8 nitrogen and oxygen atoms in total. The van der Waals surface area contributed by atoms with E-state index in [0.29, 0.717) is 12.0 Å². The van der Waals surface area contributed by atoms with Gasteiger partial charge in [-0.1, -0.05) is 0 Å². The molecule has 3 aromatic rings. The molecule has 2 aliphatic heterocycles. The van der Waals surface area contributed by atoms with Gasteiger partial charge in [-0.3, -0.25) is 4.90 Å². The number of methoxy groups -OCH3 is 1. The lowest BCUT2D eigenvalue weighted by Crippen LogP contribution is -2.52. The number of ether oxygens (including phenoxy) is 1. The second-order valence-corrected chi connectivity index (χ2v) is 9.45. The van der Waals surface area contributed by atoms with Crippen molar-refractivity contribution in [2.75, 3.05) is 63.6 Å². The molecule has 0 spiro atoms. The second-order valence-electron chi connectivity index (χ2n) is 8.64. The molecule has 0 bridgehead atoms. The Morgan fingerprint density at radius 3 is 2.56 bits per heavy atom. The average Bonchev–Trinajstić information content (AvgIpc) is 3.20. The standard InChI is InChI=1S/C23H30BrN7O/c1-28-11-13-30(14-12-28)17-7-9-29(10-8-17)18-3-5-20(21(15-18)32-2)26-23-25-16-19-4-6-22(24)31(19)27-23/h3-6,15-17H,7-14H2,1-2H3,(H,26,27). The Bertz CT molecular complexity index is 1070. The molecular formula is C23H30BrN7O. The zero-order chi connectivity index (χ0) is 22.1. The van der Waals surface area contributed by atoms with E-state index in [2.05, 4.69) is 71.3 Å². The molecule has 0 atom stereocenters. The van der Waals surface area contributed by atoms with Crippen LogP contribution in [0.5, 0.6) is 5.75 Å². The lowest BCUT2D eigenvalue weighted by Gasteiger charge is -2.42. The van der Waals surface area contributed by atoms with Crippen LogP contribution in [0.15, 0.2) is 41.1 Å². The predicted octanol–water partition coefficient (Wildman–Crippen LogP) is 3.46. The Morgan fingerprint density at radius 2 is 1.81 bits per heavy atom. The molecule has 0 radical (unpaired) electrons. The summed E-state index contributed by atoms with van der Waals surface area (Å²) in [5.41, 5.74) is 2.99. The first-order valence-corrected chi connectivity index (χ1v) is 12.0. The van der Waals surface area contributed by atoms with Gasteiger partial charge >= 0.3 is 0 Å². The highest BCUT2D eigenvalue weighted by atomic mass is 79.9. The molecule has 0 saturated carbocycles. The van der Waals surface area contributed by atoms with Gasteiger partial charge in [0, 0.05) is 57.1 Å². The molecule has 9 heteroatoms. The summed E-state index contributed by atoms with van der Waals surface area (Å²) >= 11 is 3.51. The highest BCUT2D eigenvalue weighted by molar-refractivity contribution is 9.10. The summed E-state index contributed by atoms with van der Waals surface area (Å²) in [5.74, 6) is 1.31. The maximum atomic E-state index is 5.70. The molecule has 170 valence electrons. The molecule has 1 aromatic carbocycles. The number of hydrogen-bond acceptors (Lipinski definition) is 7. The molecule has 5 rings (SSSR count). The van der Waals surface area contributed by atoms with Gasteiger partial charge in [0.2, 0.25) is 5.95 Å². The number of piperazine rings is 1. The van der Waals surface area contributed by atoms with Crippen molar-refractivity contribution >= 4 is 38.8 Å². The lowest BCUT2D eigenvalue weighted by atomic mass is 10.0. The topological polar surface area (TPSA) is 61.2 Å². The van der Waals surface area contributed by atoms with Crippen LogP contribution in [0, 0.1) is 0 Å². The van der Waals surface area contributed by atoms with E-state index >= 15 is 0 Å². The largest absolute Gasteiger partial charge is 0.494 e. The summed E-state index contributed by atoms with van der Waals surface area (Å²) in [4.78, 5) is 12.0. The fourth-order valence-electron chi connectivity index (χ4n) is 4.70. The highest BCUT2D eigenvalue weighted by Gasteiger charge is 2.27. The van der Waals surface area contributed by atoms with E-state index in [1.54, 1.807) is 17.8 Å². The van der Waals surface area contributed by atoms with Crippen molar-refractivity contribution in [2.24, 2.45) is 0 Å². The van der Waals surface area contributed by atoms with Crippen LogP contribution in [-0.4, -0.2) is 83.9 Å². The van der Waals surface area contributed by atoms with Gasteiger partial charge in [-0.25, -0.2) is 9.50 Å². The molecule has 2 aliphatic rings. The van der Waals surface area contributed by atoms with Gasteiger partial charge in [0.15, 0.2) is 0 Å². The molecule has 2 aromatic heterocycles. The van der Waals surface area contributed by atoms with Crippen LogP contribution in [0.1, 0.15) is 12.8 Å². The highest BCUT2D eigenvalue weighted by Crippen LogP contribution is 2.33. The minimum Gasteiger partial charge on any atom is -0.494 e. The van der Waals surface area contributed by atoms with Crippen molar-refractivity contribution < 1.29 is 4.74 Å². The molecule has 2 fully saturated rings. The number of rotatable bonds is 5. The zero-order valence-corrected chi connectivity index (χ0v) is 20.3. The van der Waals surface area contributed by atoms with Gasteiger partial charge in [0.1, 0.15) is 10.4 Å². The summed E-state index contributed by atoms with van der Waals surface area (Å²) in [6.45, 7) is 6.92. The minimum absolute atomic E-state index is 0.522. The van der Waals surface area contributed by atoms with Crippen LogP contribution in [0.3, 0.4) is 0 Å². The maximum absolute atomic E-state index is 5.70. The summed E-state index contributed by atoms with van der Waals surface area (Å²) in [7, 11) is 3.92. The van der Waals surface area contributed by atoms with E-state index in [1.807, 2.05) is 12.1 Å². The monoisotopic (exact) mass is 499 g/mol. The Morgan fingerprint density at radius 1 is 1.03 bits per heavy atom. The third-order valence-corrected chi connectivity index (χ3v) is 7.27. The Balaban J connectivity index is 1.25. The number of halogens is 1. The molecule has 4 heterocycles. The van der Waals surface area contributed by atoms with Crippen molar-refractivity contribution in [3.63, 3.8) is 0 Å². The van der Waals surface area contributed by atoms with Crippen LogP contribution in [-0.2, 0) is 0 Å². The fraction of sp³-hybridized carbons (Fsp3) is 0.478. The van der Waals surface area contributed by atoms with Gasteiger partial charge in [-0.15, -0.1) is 5.10 Å². The van der Waals surface area contributed by atoms with Crippen LogP contribution in [0.4, 0.5) is 17.3 Å². The minimum atomic E-state index is 0.522. The normalized spacial score (nSPS) is 18.9. The molecule has 1 N–H and O–H groups in total. The first-order valence-electron chi connectivity index (χ1n) is 11.2. The summed E-state index contributed by atoms with van der Waals surface area (Å²) in [5, 5.41) is 7.85. The van der Waals surface area contributed by atoms with Gasteiger partial charge in [-0.2, -0.15) is 0 Å². The van der Waals surface area contributed by atoms with Gasteiger partial charge in [0.05, 0.1) is 24.5 Å². The third kappa shape index (κ3) is 4.42. The molecule has 0 amide bonds. The van der Waals surface area contributed by atoms with Crippen molar-refractivity contribution in [3.8, 4) is 5.75 Å². The number of aromatic nitrogens is 3. The summed E-state index contributed by atoms with van der Waals surface area (Å²) < 4.78 is 8.39. The Kier molecular flexibility index (Phi) is 6.21. The molecule has 0 aliphatic carbocycles. The number of likely N-dealkylation sites (N-methyl/N-ethyl adjacent to an activating group) is 1. The Hall–Kier alpha value is -2.36. The smallest absolute Gasteiger partial charge is 0.245 e. The van der Waals surface area contributed by atoms with Crippen molar-refractivity contribution in [2.45, 2.75) is 18.9 Å². The lowest BCUT2D eigenvalue weighted by molar-refractivity contribution is 0.0982. The number of anilines is 3. The summed E-state index contributed by atoms with van der Waals surface area (Å²) in [6.07, 6.45) is 4.22. The van der Waals surface area contributed by atoms with Crippen molar-refractivity contribution in [3.05, 3.63) is 41.1 Å². The fourth-order valence-corrected chi connectivity index (χ4v) is 5.12. The average molecular weight is 500 g/mol. The molecule has 2 saturated heterocycles. The third-order valence-electron chi connectivity index (χ3n) is 6.67. The van der Waals surface area contributed by atoms with Gasteiger partial charge in [0.25, 0.3) is 0 Å². The van der Waals surface area contributed by atoms with Gasteiger partial charge < -0.3 is 19.9 Å². The van der Waals surface area contributed by atoms with Gasteiger partial charge in [-0.05, 0) is 60.1 Å². The predicted molar refractivity (Wildman–Crippen MR) is 131 cm³/mol. The van der Waals surface area contributed by atoms with Crippen molar-refractivity contribution in [1.29, 1.82) is 0 Å². The SMILES string of the molecule is COc1cc(N2CCC(N3CCN(C)CC3)CC2)ccc1Nc1ncc2ccc(Br)n2n1. The van der Waals surface area contributed by atoms with E-state index in [1.165, 1.54) is 44.7 Å². The van der Waals surface area contributed by atoms with Crippen LogP contribution < -0.4 is 15.0 Å². The van der Waals surface area contributed by atoms with E-state index in [4.69, 9.17) is 4.74 Å². The van der Waals surface area contributed by atoms with Crippen molar-refractivity contribution in [1.82, 2.24) is 24.4 Å². The Labute approximate surface area is 197 Å². The van der Waals surface area contributed by atoms with Crippen LogP contribution >= 0.6 is 15.9 Å². The second kappa shape index (κ2) is 9.25. The van der Waals surface area contributed by atoms with E-state index in [0.717, 1.165) is 34.6 Å². The first kappa shape index (κ1) is 21.5. The number of fused-ring (bicyclic) bond motifs is 1. The zero-order valence-electron chi connectivity index (χ0n) is 18.7. The number of piperidine rings is 1.